The monoisotopic (exact) mass is 183 g/mol. The minimum atomic E-state index is 0.690. The number of aryl methyl sites for hydroxylation is 1. The molecule has 66 valence electrons. The fourth-order valence-corrected chi connectivity index (χ4v) is 1.37. The molecule has 0 aliphatic carbocycles. The van der Waals surface area contributed by atoms with Gasteiger partial charge in [0, 0.05) is 18.1 Å². The predicted molar refractivity (Wildman–Crippen MR) is 55.0 cm³/mol. The second-order valence-corrected chi connectivity index (χ2v) is 3.05. The maximum atomic E-state index is 5.65. The molecule has 1 rings (SSSR count). The molecule has 0 aliphatic rings. The standard InChI is InChI=1S/C10H14ClN/c1-2-12-10-5-3-4-9(8-10)6-7-11/h3-5,8,12H,2,6-7H2,1H3. The van der Waals surface area contributed by atoms with Gasteiger partial charge in [0.15, 0.2) is 0 Å². The van der Waals surface area contributed by atoms with Crippen LogP contribution in [0, 0.1) is 0 Å². The summed E-state index contributed by atoms with van der Waals surface area (Å²) in [6.07, 6.45) is 0.945. The van der Waals surface area contributed by atoms with Crippen LogP contribution < -0.4 is 5.32 Å². The molecule has 0 atom stereocenters. The molecule has 0 bridgehead atoms. The lowest BCUT2D eigenvalue weighted by Gasteiger charge is -2.04. The summed E-state index contributed by atoms with van der Waals surface area (Å²) < 4.78 is 0. The summed E-state index contributed by atoms with van der Waals surface area (Å²) >= 11 is 5.65. The third-order valence-electron chi connectivity index (χ3n) is 1.69. The van der Waals surface area contributed by atoms with Gasteiger partial charge in [-0.2, -0.15) is 0 Å². The van der Waals surface area contributed by atoms with Gasteiger partial charge >= 0.3 is 0 Å². The van der Waals surface area contributed by atoms with Crippen molar-refractivity contribution in [2.45, 2.75) is 13.3 Å². The average molecular weight is 184 g/mol. The van der Waals surface area contributed by atoms with Gasteiger partial charge in [-0.25, -0.2) is 0 Å². The molecule has 1 aromatic carbocycles. The van der Waals surface area contributed by atoms with E-state index >= 15 is 0 Å². The van der Waals surface area contributed by atoms with Gasteiger partial charge in [0.2, 0.25) is 0 Å². The van der Waals surface area contributed by atoms with Gasteiger partial charge in [-0.1, -0.05) is 12.1 Å². The Hall–Kier alpha value is -0.690. The molecular formula is C10H14ClN. The fourth-order valence-electron chi connectivity index (χ4n) is 1.15. The first kappa shape index (κ1) is 9.40. The first-order chi connectivity index (χ1) is 5.86. The Bertz CT molecular complexity index is 214. The second-order valence-electron chi connectivity index (χ2n) is 2.67. The third-order valence-corrected chi connectivity index (χ3v) is 1.88. The number of hydrogen-bond donors (Lipinski definition) is 1. The minimum Gasteiger partial charge on any atom is -0.385 e. The Morgan fingerprint density at radius 3 is 2.92 bits per heavy atom. The highest BCUT2D eigenvalue weighted by Gasteiger charge is 1.93. The van der Waals surface area contributed by atoms with Crippen molar-refractivity contribution < 1.29 is 0 Å². The molecule has 1 nitrogen and oxygen atoms in total. The van der Waals surface area contributed by atoms with Crippen LogP contribution in [0.1, 0.15) is 12.5 Å². The molecule has 0 heterocycles. The number of anilines is 1. The number of halogens is 1. The van der Waals surface area contributed by atoms with Crippen LogP contribution in [0.4, 0.5) is 5.69 Å². The highest BCUT2D eigenvalue weighted by atomic mass is 35.5. The van der Waals surface area contributed by atoms with E-state index in [2.05, 4.69) is 36.5 Å². The first-order valence-corrected chi connectivity index (χ1v) is 4.79. The quantitative estimate of drug-likeness (QED) is 0.708. The number of hydrogen-bond acceptors (Lipinski definition) is 1. The van der Waals surface area contributed by atoms with Gasteiger partial charge < -0.3 is 5.32 Å². The largest absolute Gasteiger partial charge is 0.385 e. The summed E-state index contributed by atoms with van der Waals surface area (Å²) in [4.78, 5) is 0. The maximum absolute atomic E-state index is 5.65. The van der Waals surface area contributed by atoms with E-state index in [-0.39, 0.29) is 0 Å². The van der Waals surface area contributed by atoms with Crippen molar-refractivity contribution in [1.82, 2.24) is 0 Å². The zero-order valence-corrected chi connectivity index (χ0v) is 8.06. The van der Waals surface area contributed by atoms with E-state index in [1.165, 1.54) is 11.3 Å². The smallest absolute Gasteiger partial charge is 0.0342 e. The number of nitrogens with one attached hydrogen (secondary N) is 1. The molecule has 0 fully saturated rings. The SMILES string of the molecule is CCNc1cccc(CCCl)c1. The molecular weight excluding hydrogens is 170 g/mol. The number of benzene rings is 1. The second kappa shape index (κ2) is 5.04. The first-order valence-electron chi connectivity index (χ1n) is 4.25. The zero-order chi connectivity index (χ0) is 8.81. The van der Waals surface area contributed by atoms with Crippen molar-refractivity contribution in [2.75, 3.05) is 17.7 Å². The van der Waals surface area contributed by atoms with Gasteiger partial charge in [0.1, 0.15) is 0 Å². The summed E-state index contributed by atoms with van der Waals surface area (Å²) in [7, 11) is 0. The van der Waals surface area contributed by atoms with Crippen molar-refractivity contribution >= 4 is 17.3 Å². The molecule has 0 saturated carbocycles. The van der Waals surface area contributed by atoms with Crippen LogP contribution >= 0.6 is 11.6 Å². The molecule has 0 aliphatic heterocycles. The lowest BCUT2D eigenvalue weighted by molar-refractivity contribution is 1.14. The summed E-state index contributed by atoms with van der Waals surface area (Å²) in [5.74, 6) is 0.690. The van der Waals surface area contributed by atoms with Crippen LogP contribution in [-0.4, -0.2) is 12.4 Å². The summed E-state index contributed by atoms with van der Waals surface area (Å²) in [5, 5.41) is 3.26. The molecule has 0 aromatic heterocycles. The van der Waals surface area contributed by atoms with Gasteiger partial charge in [-0.15, -0.1) is 11.6 Å². The highest BCUT2D eigenvalue weighted by molar-refractivity contribution is 6.17. The van der Waals surface area contributed by atoms with Crippen LogP contribution in [0.25, 0.3) is 0 Å². The molecule has 1 N–H and O–H groups in total. The van der Waals surface area contributed by atoms with Crippen LogP contribution in [0.2, 0.25) is 0 Å². The van der Waals surface area contributed by atoms with E-state index in [0.29, 0.717) is 5.88 Å². The van der Waals surface area contributed by atoms with E-state index in [0.717, 1.165) is 13.0 Å². The molecule has 12 heavy (non-hydrogen) atoms. The van der Waals surface area contributed by atoms with Crippen LogP contribution in [0.15, 0.2) is 24.3 Å². The van der Waals surface area contributed by atoms with E-state index in [1.54, 1.807) is 0 Å². The van der Waals surface area contributed by atoms with Gasteiger partial charge in [0.05, 0.1) is 0 Å². The number of alkyl halides is 1. The highest BCUT2D eigenvalue weighted by Crippen LogP contribution is 2.10. The Balaban J connectivity index is 2.67. The van der Waals surface area contributed by atoms with Crippen molar-refractivity contribution in [3.63, 3.8) is 0 Å². The molecule has 0 saturated heterocycles. The lowest BCUT2D eigenvalue weighted by Crippen LogP contribution is -1.97. The molecule has 0 amide bonds. The summed E-state index contributed by atoms with van der Waals surface area (Å²) in [6.45, 7) is 3.05. The third kappa shape index (κ3) is 2.74. The van der Waals surface area contributed by atoms with E-state index in [9.17, 15) is 0 Å². The Kier molecular flexibility index (Phi) is 3.95. The lowest BCUT2D eigenvalue weighted by atomic mass is 10.1. The maximum Gasteiger partial charge on any atom is 0.0342 e. The van der Waals surface area contributed by atoms with Crippen LogP contribution in [-0.2, 0) is 6.42 Å². The van der Waals surface area contributed by atoms with E-state index < -0.39 is 0 Å². The van der Waals surface area contributed by atoms with Gasteiger partial charge in [-0.05, 0) is 31.0 Å². The fraction of sp³-hybridized carbons (Fsp3) is 0.400. The van der Waals surface area contributed by atoms with Crippen molar-refractivity contribution in [3.05, 3.63) is 29.8 Å². The number of rotatable bonds is 4. The molecule has 0 spiro atoms. The zero-order valence-electron chi connectivity index (χ0n) is 7.31. The summed E-state index contributed by atoms with van der Waals surface area (Å²) in [6, 6.07) is 8.37. The normalized spacial score (nSPS) is 9.83. The topological polar surface area (TPSA) is 12.0 Å². The van der Waals surface area contributed by atoms with Gasteiger partial charge in [0.25, 0.3) is 0 Å². The van der Waals surface area contributed by atoms with Crippen LogP contribution in [0.5, 0.6) is 0 Å². The Morgan fingerprint density at radius 2 is 2.25 bits per heavy atom. The minimum absolute atomic E-state index is 0.690. The molecule has 1 aromatic rings. The van der Waals surface area contributed by atoms with Crippen molar-refractivity contribution in [3.8, 4) is 0 Å². The average Bonchev–Trinajstić information content (AvgIpc) is 2.06. The molecule has 0 radical (unpaired) electrons. The summed E-state index contributed by atoms with van der Waals surface area (Å²) in [5.41, 5.74) is 2.48. The molecule has 0 unspecified atom stereocenters. The van der Waals surface area contributed by atoms with Gasteiger partial charge in [-0.3, -0.25) is 0 Å². The van der Waals surface area contributed by atoms with Crippen molar-refractivity contribution in [2.24, 2.45) is 0 Å². The Morgan fingerprint density at radius 1 is 1.42 bits per heavy atom. The van der Waals surface area contributed by atoms with Crippen LogP contribution in [0.3, 0.4) is 0 Å². The predicted octanol–water partition coefficient (Wildman–Crippen LogP) is 2.90. The van der Waals surface area contributed by atoms with E-state index in [4.69, 9.17) is 11.6 Å². The Labute approximate surface area is 78.7 Å². The molecule has 2 heteroatoms. The van der Waals surface area contributed by atoms with E-state index in [1.807, 2.05) is 0 Å². The van der Waals surface area contributed by atoms with Crippen molar-refractivity contribution in [1.29, 1.82) is 0 Å².